The van der Waals surface area contributed by atoms with Crippen LogP contribution >= 0.6 is 11.6 Å². The van der Waals surface area contributed by atoms with Crippen molar-refractivity contribution in [3.05, 3.63) is 65.1 Å². The van der Waals surface area contributed by atoms with E-state index >= 15 is 0 Å². The summed E-state index contributed by atoms with van der Waals surface area (Å²) in [5.74, 6) is -0.417. The molecule has 6 nitrogen and oxygen atoms in total. The van der Waals surface area contributed by atoms with Gasteiger partial charge < -0.3 is 14.6 Å². The standard InChI is InChI=1S/C21H19ClFN3O3/c22-15-1-6-18-14(11-15)12-19(29-18)21(28)26-9-7-25(8-10-26)13-20(27)24-17-4-2-16(23)3-5-17/h1-6,11-12H,7-10,13H2,(H,24,27). The molecule has 0 spiro atoms. The zero-order chi connectivity index (χ0) is 20.4. The largest absolute Gasteiger partial charge is 0.451 e. The summed E-state index contributed by atoms with van der Waals surface area (Å²) in [5.41, 5.74) is 1.17. The number of halogens is 2. The number of nitrogens with one attached hydrogen (secondary N) is 1. The van der Waals surface area contributed by atoms with Gasteiger partial charge in [0.2, 0.25) is 5.91 Å². The SMILES string of the molecule is O=C(CN1CCN(C(=O)c2cc3cc(Cl)ccc3o2)CC1)Nc1ccc(F)cc1. The van der Waals surface area contributed by atoms with Gasteiger partial charge in [-0.3, -0.25) is 14.5 Å². The molecule has 0 radical (unpaired) electrons. The number of piperazine rings is 1. The molecule has 2 amide bonds. The lowest BCUT2D eigenvalue weighted by molar-refractivity contribution is -0.117. The number of fused-ring (bicyclic) bond motifs is 1. The number of carbonyl (C=O) groups excluding carboxylic acids is 2. The Morgan fingerprint density at radius 3 is 2.48 bits per heavy atom. The summed E-state index contributed by atoms with van der Waals surface area (Å²) in [6.07, 6.45) is 0. The van der Waals surface area contributed by atoms with Gasteiger partial charge in [0.15, 0.2) is 5.76 Å². The first-order valence-corrected chi connectivity index (χ1v) is 9.62. The average molecular weight is 416 g/mol. The monoisotopic (exact) mass is 415 g/mol. The second-order valence-corrected chi connectivity index (χ2v) is 7.35. The molecule has 1 N–H and O–H groups in total. The van der Waals surface area contributed by atoms with Crippen molar-refractivity contribution in [2.75, 3.05) is 38.0 Å². The van der Waals surface area contributed by atoms with Crippen LogP contribution in [0.25, 0.3) is 11.0 Å². The molecular weight excluding hydrogens is 397 g/mol. The summed E-state index contributed by atoms with van der Waals surface area (Å²) in [4.78, 5) is 28.6. The van der Waals surface area contributed by atoms with E-state index in [0.29, 0.717) is 42.5 Å². The van der Waals surface area contributed by atoms with Crippen molar-refractivity contribution < 1.29 is 18.4 Å². The number of hydrogen-bond donors (Lipinski definition) is 1. The van der Waals surface area contributed by atoms with Crippen LogP contribution in [0.3, 0.4) is 0 Å². The summed E-state index contributed by atoms with van der Waals surface area (Å²) in [7, 11) is 0. The van der Waals surface area contributed by atoms with E-state index in [1.54, 1.807) is 29.2 Å². The molecule has 2 aromatic carbocycles. The highest BCUT2D eigenvalue weighted by Gasteiger charge is 2.25. The van der Waals surface area contributed by atoms with Crippen LogP contribution in [0, 0.1) is 5.82 Å². The average Bonchev–Trinajstić information content (AvgIpc) is 3.13. The smallest absolute Gasteiger partial charge is 0.289 e. The number of carbonyl (C=O) groups is 2. The van der Waals surface area contributed by atoms with Gasteiger partial charge in [-0.15, -0.1) is 0 Å². The highest BCUT2D eigenvalue weighted by molar-refractivity contribution is 6.31. The number of anilines is 1. The van der Waals surface area contributed by atoms with E-state index < -0.39 is 0 Å². The quantitative estimate of drug-likeness (QED) is 0.706. The highest BCUT2D eigenvalue weighted by Crippen LogP contribution is 2.24. The summed E-state index contributed by atoms with van der Waals surface area (Å²) >= 11 is 5.98. The third kappa shape index (κ3) is 4.58. The molecule has 8 heteroatoms. The molecule has 0 unspecified atom stereocenters. The zero-order valence-electron chi connectivity index (χ0n) is 15.5. The van der Waals surface area contributed by atoms with E-state index in [4.69, 9.17) is 16.0 Å². The Morgan fingerprint density at radius 1 is 1.03 bits per heavy atom. The van der Waals surface area contributed by atoms with Crippen LogP contribution in [-0.4, -0.2) is 54.3 Å². The Hall–Kier alpha value is -2.90. The third-order valence-electron chi connectivity index (χ3n) is 4.84. The van der Waals surface area contributed by atoms with E-state index in [0.717, 1.165) is 5.39 Å². The molecule has 1 aromatic heterocycles. The van der Waals surface area contributed by atoms with Gasteiger partial charge in [-0.05, 0) is 48.5 Å². The Morgan fingerprint density at radius 2 is 1.76 bits per heavy atom. The molecule has 0 aliphatic carbocycles. The van der Waals surface area contributed by atoms with Crippen molar-refractivity contribution in [1.82, 2.24) is 9.80 Å². The Kier molecular flexibility index (Phi) is 5.51. The molecule has 2 heterocycles. The minimum absolute atomic E-state index is 0.173. The Balaban J connectivity index is 1.30. The van der Waals surface area contributed by atoms with E-state index in [-0.39, 0.29) is 29.9 Å². The molecular formula is C21H19ClFN3O3. The fourth-order valence-electron chi connectivity index (χ4n) is 3.32. The maximum atomic E-state index is 12.9. The Labute approximate surface area is 171 Å². The van der Waals surface area contributed by atoms with Gasteiger partial charge in [0.1, 0.15) is 11.4 Å². The van der Waals surface area contributed by atoms with Crippen LogP contribution in [-0.2, 0) is 4.79 Å². The fourth-order valence-corrected chi connectivity index (χ4v) is 3.50. The predicted octanol–water partition coefficient (Wildman–Crippen LogP) is 3.62. The van der Waals surface area contributed by atoms with Crippen molar-refractivity contribution in [3.63, 3.8) is 0 Å². The summed E-state index contributed by atoms with van der Waals surface area (Å²) in [5, 5.41) is 4.12. The summed E-state index contributed by atoms with van der Waals surface area (Å²) < 4.78 is 18.6. The molecule has 4 rings (SSSR count). The van der Waals surface area contributed by atoms with E-state index in [1.807, 2.05) is 4.90 Å². The first kappa shape index (κ1) is 19.4. The van der Waals surface area contributed by atoms with Gasteiger partial charge in [-0.2, -0.15) is 0 Å². The van der Waals surface area contributed by atoms with Crippen molar-refractivity contribution >= 4 is 40.1 Å². The van der Waals surface area contributed by atoms with Crippen molar-refractivity contribution in [3.8, 4) is 0 Å². The van der Waals surface area contributed by atoms with Gasteiger partial charge in [-0.1, -0.05) is 11.6 Å². The number of amides is 2. The van der Waals surface area contributed by atoms with Crippen LogP contribution in [0.1, 0.15) is 10.6 Å². The zero-order valence-corrected chi connectivity index (χ0v) is 16.3. The second-order valence-electron chi connectivity index (χ2n) is 6.92. The van der Waals surface area contributed by atoms with Gasteiger partial charge >= 0.3 is 0 Å². The number of nitrogens with zero attached hydrogens (tertiary/aromatic N) is 2. The predicted molar refractivity (Wildman–Crippen MR) is 109 cm³/mol. The topological polar surface area (TPSA) is 65.8 Å². The molecule has 0 saturated carbocycles. The van der Waals surface area contributed by atoms with Gasteiger partial charge in [0.25, 0.3) is 5.91 Å². The number of rotatable bonds is 4. The maximum absolute atomic E-state index is 12.9. The van der Waals surface area contributed by atoms with Crippen LogP contribution in [0.2, 0.25) is 5.02 Å². The lowest BCUT2D eigenvalue weighted by atomic mass is 10.2. The molecule has 29 heavy (non-hydrogen) atoms. The van der Waals surface area contributed by atoms with E-state index in [9.17, 15) is 14.0 Å². The van der Waals surface area contributed by atoms with Crippen LogP contribution in [0.5, 0.6) is 0 Å². The normalized spacial score (nSPS) is 14.9. The lowest BCUT2D eigenvalue weighted by Crippen LogP contribution is -2.50. The minimum atomic E-state index is -0.351. The van der Waals surface area contributed by atoms with E-state index in [2.05, 4.69) is 5.32 Å². The Bertz CT molecular complexity index is 1040. The number of furan rings is 1. The maximum Gasteiger partial charge on any atom is 0.289 e. The molecule has 150 valence electrons. The molecule has 1 aliphatic rings. The van der Waals surface area contributed by atoms with E-state index in [1.165, 1.54) is 24.3 Å². The van der Waals surface area contributed by atoms with Crippen molar-refractivity contribution in [2.45, 2.75) is 0 Å². The fraction of sp³-hybridized carbons (Fsp3) is 0.238. The number of hydrogen-bond acceptors (Lipinski definition) is 4. The van der Waals surface area contributed by atoms with Crippen molar-refractivity contribution in [1.29, 1.82) is 0 Å². The molecule has 3 aromatic rings. The van der Waals surface area contributed by atoms with Crippen LogP contribution in [0.4, 0.5) is 10.1 Å². The molecule has 1 fully saturated rings. The summed E-state index contributed by atoms with van der Waals surface area (Å²) in [6, 6.07) is 12.6. The summed E-state index contributed by atoms with van der Waals surface area (Å²) in [6.45, 7) is 2.37. The lowest BCUT2D eigenvalue weighted by Gasteiger charge is -2.33. The first-order chi connectivity index (χ1) is 14.0. The second kappa shape index (κ2) is 8.23. The minimum Gasteiger partial charge on any atom is -0.451 e. The molecule has 0 bridgehead atoms. The van der Waals surface area contributed by atoms with Crippen LogP contribution < -0.4 is 5.32 Å². The first-order valence-electron chi connectivity index (χ1n) is 9.24. The van der Waals surface area contributed by atoms with Crippen LogP contribution in [0.15, 0.2) is 52.9 Å². The molecule has 1 aliphatic heterocycles. The highest BCUT2D eigenvalue weighted by atomic mass is 35.5. The third-order valence-corrected chi connectivity index (χ3v) is 5.08. The van der Waals surface area contributed by atoms with Gasteiger partial charge in [0.05, 0.1) is 6.54 Å². The van der Waals surface area contributed by atoms with Gasteiger partial charge in [0, 0.05) is 42.3 Å². The van der Waals surface area contributed by atoms with Gasteiger partial charge in [-0.25, -0.2) is 4.39 Å². The molecule has 0 atom stereocenters. The van der Waals surface area contributed by atoms with Crippen molar-refractivity contribution in [2.24, 2.45) is 0 Å². The molecule has 1 saturated heterocycles. The number of benzene rings is 2.